The quantitative estimate of drug-likeness (QED) is 0.813. The first kappa shape index (κ1) is 18.4. The van der Waals surface area contributed by atoms with Gasteiger partial charge in [-0.1, -0.05) is 12.1 Å². The van der Waals surface area contributed by atoms with Crippen LogP contribution in [0.5, 0.6) is 5.75 Å². The van der Waals surface area contributed by atoms with E-state index in [2.05, 4.69) is 5.32 Å². The summed E-state index contributed by atoms with van der Waals surface area (Å²) in [5.41, 5.74) is 0.843. The van der Waals surface area contributed by atoms with E-state index >= 15 is 0 Å². The van der Waals surface area contributed by atoms with Gasteiger partial charge in [-0.05, 0) is 29.8 Å². The zero-order chi connectivity index (χ0) is 17.7. The lowest BCUT2D eigenvalue weighted by Gasteiger charge is -2.16. The molecule has 0 aliphatic heterocycles. The molecule has 0 saturated carbocycles. The number of hydrogen-bond acceptors (Lipinski definition) is 5. The second-order valence-corrected chi connectivity index (χ2v) is 8.68. The lowest BCUT2D eigenvalue weighted by Crippen LogP contribution is -2.25. The Morgan fingerprint density at radius 2 is 2.04 bits per heavy atom. The van der Waals surface area contributed by atoms with Crippen molar-refractivity contribution in [3.05, 3.63) is 46.8 Å². The van der Waals surface area contributed by atoms with Gasteiger partial charge in [0.15, 0.2) is 0 Å². The van der Waals surface area contributed by atoms with Gasteiger partial charge in [0.25, 0.3) is 10.0 Å². The lowest BCUT2D eigenvalue weighted by atomic mass is 10.2. The van der Waals surface area contributed by atoms with Gasteiger partial charge in [-0.15, -0.1) is 11.3 Å². The van der Waals surface area contributed by atoms with Crippen molar-refractivity contribution in [1.29, 1.82) is 0 Å². The molecule has 0 radical (unpaired) electrons. The van der Waals surface area contributed by atoms with Crippen LogP contribution in [0.15, 0.2) is 40.6 Å². The van der Waals surface area contributed by atoms with Crippen molar-refractivity contribution in [2.24, 2.45) is 0 Å². The molecule has 24 heavy (non-hydrogen) atoms. The van der Waals surface area contributed by atoms with Crippen LogP contribution >= 0.6 is 11.3 Å². The normalized spacial score (nSPS) is 11.5. The highest BCUT2D eigenvalue weighted by molar-refractivity contribution is 7.91. The highest BCUT2D eigenvalue weighted by Crippen LogP contribution is 2.25. The summed E-state index contributed by atoms with van der Waals surface area (Å²) in [4.78, 5) is 11.7. The van der Waals surface area contributed by atoms with Crippen LogP contribution in [-0.4, -0.2) is 32.8 Å². The van der Waals surface area contributed by atoms with E-state index in [4.69, 9.17) is 4.74 Å². The first-order valence-corrected chi connectivity index (χ1v) is 9.51. The molecule has 0 bridgehead atoms. The van der Waals surface area contributed by atoms with E-state index in [0.29, 0.717) is 12.3 Å². The molecule has 0 unspecified atom stereocenters. The molecule has 1 aromatic carbocycles. The number of hydrogen-bond donors (Lipinski definition) is 1. The number of carbonyl (C=O) groups excluding carboxylic acids is 1. The molecule has 0 aliphatic rings. The number of nitrogens with zero attached hydrogens (tertiary/aromatic N) is 1. The third-order valence-electron chi connectivity index (χ3n) is 3.35. The highest BCUT2D eigenvalue weighted by Gasteiger charge is 2.23. The van der Waals surface area contributed by atoms with E-state index in [0.717, 1.165) is 21.8 Å². The molecule has 6 nitrogen and oxygen atoms in total. The van der Waals surface area contributed by atoms with Gasteiger partial charge < -0.3 is 10.1 Å². The topological polar surface area (TPSA) is 75.7 Å². The molecule has 130 valence electrons. The third kappa shape index (κ3) is 4.56. The van der Waals surface area contributed by atoms with Crippen LogP contribution in [0.3, 0.4) is 0 Å². The van der Waals surface area contributed by atoms with Gasteiger partial charge in [0.2, 0.25) is 5.91 Å². The number of benzene rings is 1. The van der Waals surface area contributed by atoms with Crippen LogP contribution < -0.4 is 10.1 Å². The van der Waals surface area contributed by atoms with Crippen LogP contribution in [0.2, 0.25) is 0 Å². The minimum Gasteiger partial charge on any atom is -0.497 e. The fourth-order valence-electron chi connectivity index (χ4n) is 2.07. The van der Waals surface area contributed by atoms with E-state index in [1.807, 2.05) is 24.3 Å². The molecule has 0 atom stereocenters. The summed E-state index contributed by atoms with van der Waals surface area (Å²) in [5, 5.41) is 2.66. The van der Waals surface area contributed by atoms with E-state index in [-0.39, 0.29) is 16.7 Å². The van der Waals surface area contributed by atoms with Gasteiger partial charge in [-0.25, -0.2) is 8.42 Å². The zero-order valence-corrected chi connectivity index (χ0v) is 15.4. The SMILES string of the molecule is COc1cccc(CN(C)S(=O)(=O)c2ccc(CNC(C)=O)s2)c1. The van der Waals surface area contributed by atoms with E-state index in [1.54, 1.807) is 26.3 Å². The fraction of sp³-hybridized carbons (Fsp3) is 0.312. The highest BCUT2D eigenvalue weighted by atomic mass is 32.2. The molecule has 8 heteroatoms. The Morgan fingerprint density at radius 1 is 1.29 bits per heavy atom. The molecule has 1 heterocycles. The fourth-order valence-corrected chi connectivity index (χ4v) is 4.74. The Labute approximate surface area is 146 Å². The number of methoxy groups -OCH3 is 1. The van der Waals surface area contributed by atoms with Gasteiger partial charge in [0, 0.05) is 25.4 Å². The molecule has 0 spiro atoms. The van der Waals surface area contributed by atoms with Crippen molar-refractivity contribution in [1.82, 2.24) is 9.62 Å². The average Bonchev–Trinajstić information content (AvgIpc) is 3.02. The largest absolute Gasteiger partial charge is 0.497 e. The number of amides is 1. The summed E-state index contributed by atoms with van der Waals surface area (Å²) in [5.74, 6) is 0.537. The van der Waals surface area contributed by atoms with Gasteiger partial charge in [-0.3, -0.25) is 4.79 Å². The monoisotopic (exact) mass is 368 g/mol. The van der Waals surface area contributed by atoms with Crippen LogP contribution in [0, 0.1) is 0 Å². The number of sulfonamides is 1. The molecular formula is C16H20N2O4S2. The summed E-state index contributed by atoms with van der Waals surface area (Å²) in [7, 11) is -0.461. The summed E-state index contributed by atoms with van der Waals surface area (Å²) < 4.78 is 32.0. The minimum atomic E-state index is -3.58. The first-order valence-electron chi connectivity index (χ1n) is 7.25. The third-order valence-corrected chi connectivity index (χ3v) is 6.71. The van der Waals surface area contributed by atoms with Gasteiger partial charge in [0.1, 0.15) is 9.96 Å². The van der Waals surface area contributed by atoms with Crippen LogP contribution in [0.1, 0.15) is 17.4 Å². The maximum Gasteiger partial charge on any atom is 0.252 e. The average molecular weight is 368 g/mol. The predicted octanol–water partition coefficient (Wildman–Crippen LogP) is 2.21. The van der Waals surface area contributed by atoms with E-state index < -0.39 is 10.0 Å². The van der Waals surface area contributed by atoms with Crippen LogP contribution in [0.25, 0.3) is 0 Å². The molecule has 0 saturated heterocycles. The predicted molar refractivity (Wildman–Crippen MR) is 93.5 cm³/mol. The molecular weight excluding hydrogens is 348 g/mol. The molecule has 1 amide bonds. The van der Waals surface area contributed by atoms with Crippen molar-refractivity contribution in [2.75, 3.05) is 14.2 Å². The Morgan fingerprint density at radius 3 is 2.71 bits per heavy atom. The molecule has 0 aliphatic carbocycles. The van der Waals surface area contributed by atoms with Crippen molar-refractivity contribution >= 4 is 27.3 Å². The molecule has 2 aromatic rings. The summed E-state index contributed by atoms with van der Waals surface area (Å²) in [6.45, 7) is 2.00. The maximum absolute atomic E-state index is 12.7. The summed E-state index contributed by atoms with van der Waals surface area (Å²) in [6.07, 6.45) is 0. The molecule has 0 fully saturated rings. The van der Waals surface area contributed by atoms with E-state index in [1.165, 1.54) is 11.2 Å². The number of nitrogens with one attached hydrogen (secondary N) is 1. The van der Waals surface area contributed by atoms with Gasteiger partial charge in [-0.2, -0.15) is 4.31 Å². The zero-order valence-electron chi connectivity index (χ0n) is 13.8. The molecule has 1 N–H and O–H groups in total. The number of thiophene rings is 1. The van der Waals surface area contributed by atoms with Gasteiger partial charge in [0.05, 0.1) is 13.7 Å². The Hall–Kier alpha value is -1.90. The van der Waals surface area contributed by atoms with Crippen molar-refractivity contribution < 1.29 is 17.9 Å². The van der Waals surface area contributed by atoms with Crippen molar-refractivity contribution in [2.45, 2.75) is 24.2 Å². The smallest absolute Gasteiger partial charge is 0.252 e. The maximum atomic E-state index is 12.7. The standard InChI is InChI=1S/C16H20N2O4S2/c1-12(19)17-10-15-7-8-16(23-15)24(20,21)18(2)11-13-5-4-6-14(9-13)22-3/h4-9H,10-11H2,1-3H3,(H,17,19). The molecule has 2 rings (SSSR count). The van der Waals surface area contributed by atoms with Gasteiger partial charge >= 0.3 is 0 Å². The minimum absolute atomic E-state index is 0.150. The van der Waals surface area contributed by atoms with Crippen molar-refractivity contribution in [3.63, 3.8) is 0 Å². The van der Waals surface area contributed by atoms with Crippen molar-refractivity contribution in [3.8, 4) is 5.75 Å². The molecule has 1 aromatic heterocycles. The van der Waals surface area contributed by atoms with Crippen LogP contribution in [0.4, 0.5) is 0 Å². The Balaban J connectivity index is 2.12. The van der Waals surface area contributed by atoms with Crippen LogP contribution in [-0.2, 0) is 27.9 Å². The second kappa shape index (κ2) is 7.78. The summed E-state index contributed by atoms with van der Waals surface area (Å²) >= 11 is 1.16. The first-order chi connectivity index (χ1) is 11.3. The number of rotatable bonds is 7. The second-order valence-electron chi connectivity index (χ2n) is 5.24. The van der Waals surface area contributed by atoms with E-state index in [9.17, 15) is 13.2 Å². The lowest BCUT2D eigenvalue weighted by molar-refractivity contribution is -0.119. The Bertz CT molecular complexity index is 815. The Kier molecular flexibility index (Phi) is 5.98. The summed E-state index contributed by atoms with van der Waals surface area (Å²) in [6, 6.07) is 10.6. The number of carbonyl (C=O) groups is 1. The number of ether oxygens (including phenoxy) is 1.